The summed E-state index contributed by atoms with van der Waals surface area (Å²) in [5, 5.41) is 6.43. The minimum absolute atomic E-state index is 0.0656. The van der Waals surface area contributed by atoms with Crippen LogP contribution in [0.2, 0.25) is 0 Å². The summed E-state index contributed by atoms with van der Waals surface area (Å²) in [6.45, 7) is 4.75. The largest absolute Gasteiger partial charge is 0.368 e. The quantitative estimate of drug-likeness (QED) is 0.781. The van der Waals surface area contributed by atoms with E-state index in [1.807, 2.05) is 6.92 Å². The Bertz CT molecular complexity index is 259. The van der Waals surface area contributed by atoms with Crippen LogP contribution in [0, 0.1) is 5.92 Å². The highest BCUT2D eigenvalue weighted by molar-refractivity contribution is 5.80. The summed E-state index contributed by atoms with van der Waals surface area (Å²) < 4.78 is 5.71. The molecule has 1 unspecified atom stereocenters. The van der Waals surface area contributed by atoms with Crippen LogP contribution in [-0.2, 0) is 9.53 Å². The van der Waals surface area contributed by atoms with Crippen molar-refractivity contribution in [3.63, 3.8) is 0 Å². The van der Waals surface area contributed by atoms with Crippen LogP contribution in [0.15, 0.2) is 0 Å². The van der Waals surface area contributed by atoms with Crippen LogP contribution in [0.1, 0.15) is 45.4 Å². The maximum atomic E-state index is 11.9. The molecule has 1 aliphatic carbocycles. The zero-order valence-corrected chi connectivity index (χ0v) is 11.4. The predicted molar refractivity (Wildman–Crippen MR) is 71.4 cm³/mol. The Labute approximate surface area is 110 Å². The van der Waals surface area contributed by atoms with Crippen molar-refractivity contribution < 1.29 is 9.53 Å². The summed E-state index contributed by atoms with van der Waals surface area (Å²) in [5.41, 5.74) is 0. The Hall–Kier alpha value is -0.610. The summed E-state index contributed by atoms with van der Waals surface area (Å²) in [6, 6.07) is 0.391. The van der Waals surface area contributed by atoms with Gasteiger partial charge < -0.3 is 15.4 Å². The number of piperidine rings is 1. The second-order valence-electron chi connectivity index (χ2n) is 5.66. The van der Waals surface area contributed by atoms with Crippen LogP contribution in [0.4, 0.5) is 0 Å². The lowest BCUT2D eigenvalue weighted by molar-refractivity contribution is -0.133. The first kappa shape index (κ1) is 13.8. The van der Waals surface area contributed by atoms with Gasteiger partial charge in [-0.3, -0.25) is 4.79 Å². The van der Waals surface area contributed by atoms with E-state index in [1.54, 1.807) is 0 Å². The molecule has 2 rings (SSSR count). The van der Waals surface area contributed by atoms with Crippen LogP contribution < -0.4 is 10.6 Å². The van der Waals surface area contributed by atoms with Crippen molar-refractivity contribution in [1.29, 1.82) is 0 Å². The summed E-state index contributed by atoms with van der Waals surface area (Å²) >= 11 is 0. The van der Waals surface area contributed by atoms with E-state index < -0.39 is 0 Å². The monoisotopic (exact) mass is 254 g/mol. The molecule has 1 heterocycles. The highest BCUT2D eigenvalue weighted by atomic mass is 16.5. The molecule has 1 amide bonds. The van der Waals surface area contributed by atoms with E-state index in [0.29, 0.717) is 12.0 Å². The standard InChI is InChI=1S/C14H26N2O2/c1-11(14(17)16-13-4-2-3-5-13)18-10-12-6-8-15-9-7-12/h11-13,15H,2-10H2,1H3,(H,16,17). The van der Waals surface area contributed by atoms with Gasteiger partial charge in [-0.2, -0.15) is 0 Å². The Morgan fingerprint density at radius 1 is 1.28 bits per heavy atom. The number of hydrogen-bond donors (Lipinski definition) is 2. The van der Waals surface area contributed by atoms with Crippen molar-refractivity contribution in [2.75, 3.05) is 19.7 Å². The summed E-state index contributed by atoms with van der Waals surface area (Å²) in [7, 11) is 0. The zero-order chi connectivity index (χ0) is 12.8. The second-order valence-corrected chi connectivity index (χ2v) is 5.66. The van der Waals surface area contributed by atoms with Crippen molar-refractivity contribution in [2.24, 2.45) is 5.92 Å². The second kappa shape index (κ2) is 7.10. The third kappa shape index (κ3) is 4.25. The average Bonchev–Trinajstić information content (AvgIpc) is 2.90. The molecule has 1 saturated carbocycles. The zero-order valence-electron chi connectivity index (χ0n) is 11.4. The van der Waals surface area contributed by atoms with E-state index in [0.717, 1.165) is 45.4 Å². The van der Waals surface area contributed by atoms with E-state index in [-0.39, 0.29) is 12.0 Å². The normalized spacial score (nSPS) is 24.1. The number of rotatable bonds is 5. The maximum Gasteiger partial charge on any atom is 0.249 e. The van der Waals surface area contributed by atoms with Crippen LogP contribution in [-0.4, -0.2) is 37.7 Å². The van der Waals surface area contributed by atoms with Crippen molar-refractivity contribution in [1.82, 2.24) is 10.6 Å². The van der Waals surface area contributed by atoms with Gasteiger partial charge in [0.25, 0.3) is 0 Å². The first-order valence-electron chi connectivity index (χ1n) is 7.38. The van der Waals surface area contributed by atoms with Gasteiger partial charge in [0.1, 0.15) is 6.10 Å². The fourth-order valence-electron chi connectivity index (χ4n) is 2.79. The molecule has 0 aromatic heterocycles. The molecule has 1 saturated heterocycles. The smallest absolute Gasteiger partial charge is 0.249 e. The van der Waals surface area contributed by atoms with Gasteiger partial charge >= 0.3 is 0 Å². The summed E-state index contributed by atoms with van der Waals surface area (Å²) in [5.74, 6) is 0.684. The summed E-state index contributed by atoms with van der Waals surface area (Å²) in [6.07, 6.45) is 6.78. The van der Waals surface area contributed by atoms with Gasteiger partial charge in [-0.1, -0.05) is 12.8 Å². The average molecular weight is 254 g/mol. The Kier molecular flexibility index (Phi) is 5.45. The Morgan fingerprint density at radius 3 is 2.61 bits per heavy atom. The van der Waals surface area contributed by atoms with Crippen LogP contribution in [0.5, 0.6) is 0 Å². The third-order valence-corrected chi connectivity index (χ3v) is 4.11. The van der Waals surface area contributed by atoms with Crippen molar-refractivity contribution in [2.45, 2.75) is 57.6 Å². The molecule has 2 N–H and O–H groups in total. The van der Waals surface area contributed by atoms with E-state index in [4.69, 9.17) is 4.74 Å². The molecule has 2 fully saturated rings. The highest BCUT2D eigenvalue weighted by Gasteiger charge is 2.22. The fraction of sp³-hybridized carbons (Fsp3) is 0.929. The number of ether oxygens (including phenoxy) is 1. The summed E-state index contributed by atoms with van der Waals surface area (Å²) in [4.78, 5) is 11.9. The van der Waals surface area contributed by atoms with Crippen LogP contribution in [0.25, 0.3) is 0 Å². The predicted octanol–water partition coefficient (Wildman–Crippen LogP) is 1.45. The molecular weight excluding hydrogens is 228 g/mol. The molecular formula is C14H26N2O2. The van der Waals surface area contributed by atoms with Crippen molar-refractivity contribution >= 4 is 5.91 Å². The fourth-order valence-corrected chi connectivity index (χ4v) is 2.79. The molecule has 0 aromatic carbocycles. The van der Waals surface area contributed by atoms with Gasteiger partial charge in [-0.15, -0.1) is 0 Å². The molecule has 104 valence electrons. The molecule has 0 spiro atoms. The Morgan fingerprint density at radius 2 is 1.94 bits per heavy atom. The lowest BCUT2D eigenvalue weighted by Crippen LogP contribution is -2.41. The van der Waals surface area contributed by atoms with Crippen LogP contribution >= 0.6 is 0 Å². The molecule has 2 aliphatic rings. The number of carbonyl (C=O) groups excluding carboxylic acids is 1. The minimum Gasteiger partial charge on any atom is -0.368 e. The van der Waals surface area contributed by atoms with Gasteiger partial charge in [0, 0.05) is 6.04 Å². The number of nitrogens with one attached hydrogen (secondary N) is 2. The van der Waals surface area contributed by atoms with Crippen molar-refractivity contribution in [3.8, 4) is 0 Å². The molecule has 0 bridgehead atoms. The van der Waals surface area contributed by atoms with Gasteiger partial charge in [0.05, 0.1) is 6.61 Å². The molecule has 1 atom stereocenters. The molecule has 1 aliphatic heterocycles. The van der Waals surface area contributed by atoms with E-state index >= 15 is 0 Å². The van der Waals surface area contributed by atoms with Crippen LogP contribution in [0.3, 0.4) is 0 Å². The van der Waals surface area contributed by atoms with Gasteiger partial charge in [-0.05, 0) is 51.6 Å². The maximum absolute atomic E-state index is 11.9. The lowest BCUT2D eigenvalue weighted by atomic mass is 9.99. The topological polar surface area (TPSA) is 50.4 Å². The van der Waals surface area contributed by atoms with E-state index in [1.165, 1.54) is 12.8 Å². The molecule has 0 radical (unpaired) electrons. The first-order valence-corrected chi connectivity index (χ1v) is 7.38. The Balaban J connectivity index is 1.63. The molecule has 4 heteroatoms. The third-order valence-electron chi connectivity index (χ3n) is 4.11. The van der Waals surface area contributed by atoms with Gasteiger partial charge in [0.2, 0.25) is 5.91 Å². The SMILES string of the molecule is CC(OCC1CCNCC1)C(=O)NC1CCCC1. The molecule has 18 heavy (non-hydrogen) atoms. The lowest BCUT2D eigenvalue weighted by Gasteiger charge is -2.24. The van der Waals surface area contributed by atoms with Gasteiger partial charge in [0.15, 0.2) is 0 Å². The van der Waals surface area contributed by atoms with Gasteiger partial charge in [-0.25, -0.2) is 0 Å². The number of carbonyl (C=O) groups is 1. The first-order chi connectivity index (χ1) is 8.75. The van der Waals surface area contributed by atoms with E-state index in [2.05, 4.69) is 10.6 Å². The minimum atomic E-state index is -0.305. The van der Waals surface area contributed by atoms with Crippen molar-refractivity contribution in [3.05, 3.63) is 0 Å². The van der Waals surface area contributed by atoms with E-state index in [9.17, 15) is 4.79 Å². The molecule has 0 aromatic rings. The number of amides is 1. The molecule has 4 nitrogen and oxygen atoms in total. The number of hydrogen-bond acceptors (Lipinski definition) is 3. The highest BCUT2D eigenvalue weighted by Crippen LogP contribution is 2.18.